The predicted octanol–water partition coefficient (Wildman–Crippen LogP) is 1.55. The first kappa shape index (κ1) is 17.9. The molecule has 0 fully saturated rings. The lowest BCUT2D eigenvalue weighted by atomic mass is 10.1. The summed E-state index contributed by atoms with van der Waals surface area (Å²) in [6.45, 7) is 4.18. The van der Waals surface area contributed by atoms with E-state index >= 15 is 0 Å². The Hall–Kier alpha value is -1.11. The highest BCUT2D eigenvalue weighted by Gasteiger charge is 2.08. The monoisotopic (exact) mass is 314 g/mol. The minimum Gasteiger partial charge on any atom is -0.497 e. The van der Waals surface area contributed by atoms with Crippen LogP contribution in [0.15, 0.2) is 24.3 Å². The summed E-state index contributed by atoms with van der Waals surface area (Å²) in [6.07, 6.45) is 2.35. The van der Waals surface area contributed by atoms with E-state index in [9.17, 15) is 8.42 Å². The molecule has 1 aromatic carbocycles. The summed E-state index contributed by atoms with van der Waals surface area (Å²) in [5.41, 5.74) is 1.06. The van der Waals surface area contributed by atoms with E-state index in [1.165, 1.54) is 0 Å². The number of ether oxygens (including phenoxy) is 1. The van der Waals surface area contributed by atoms with Gasteiger partial charge in [-0.1, -0.05) is 19.1 Å². The molecule has 0 unspecified atom stereocenters. The van der Waals surface area contributed by atoms with Crippen LogP contribution in [0.4, 0.5) is 0 Å². The topological polar surface area (TPSA) is 67.4 Å². The lowest BCUT2D eigenvalue weighted by Gasteiger charge is -2.08. The highest BCUT2D eigenvalue weighted by Crippen LogP contribution is 2.12. The van der Waals surface area contributed by atoms with Crippen molar-refractivity contribution >= 4 is 10.0 Å². The maximum atomic E-state index is 11.8. The highest BCUT2D eigenvalue weighted by molar-refractivity contribution is 7.89. The van der Waals surface area contributed by atoms with Crippen molar-refractivity contribution in [2.45, 2.75) is 26.2 Å². The van der Waals surface area contributed by atoms with Crippen molar-refractivity contribution in [2.75, 3.05) is 32.5 Å². The van der Waals surface area contributed by atoms with Gasteiger partial charge in [-0.2, -0.15) is 0 Å². The van der Waals surface area contributed by atoms with Crippen LogP contribution in [0.3, 0.4) is 0 Å². The predicted molar refractivity (Wildman–Crippen MR) is 86.3 cm³/mol. The van der Waals surface area contributed by atoms with Gasteiger partial charge in [0, 0.05) is 6.54 Å². The van der Waals surface area contributed by atoms with Crippen LogP contribution in [0, 0.1) is 0 Å². The second-order valence-electron chi connectivity index (χ2n) is 4.92. The van der Waals surface area contributed by atoms with Crippen LogP contribution in [0.1, 0.15) is 25.3 Å². The SMILES string of the molecule is CCCNCCCS(=O)(=O)NCCc1cccc(OC)c1. The van der Waals surface area contributed by atoms with Crippen LogP contribution in [-0.4, -0.2) is 40.9 Å². The fourth-order valence-corrected chi connectivity index (χ4v) is 3.02. The minimum atomic E-state index is -3.18. The lowest BCUT2D eigenvalue weighted by molar-refractivity contribution is 0.414. The molecule has 0 aliphatic carbocycles. The Balaban J connectivity index is 2.26. The molecular formula is C15H26N2O3S. The Bertz CT molecular complexity index is 503. The van der Waals surface area contributed by atoms with Gasteiger partial charge in [-0.15, -0.1) is 0 Å². The molecule has 0 aromatic heterocycles. The molecule has 2 N–H and O–H groups in total. The summed E-state index contributed by atoms with van der Waals surface area (Å²) >= 11 is 0. The van der Waals surface area contributed by atoms with Crippen molar-refractivity contribution in [3.63, 3.8) is 0 Å². The number of sulfonamides is 1. The smallest absolute Gasteiger partial charge is 0.211 e. The molecule has 0 atom stereocenters. The molecule has 1 rings (SSSR count). The number of hydrogen-bond acceptors (Lipinski definition) is 4. The molecule has 6 heteroatoms. The molecule has 0 aliphatic rings. The Morgan fingerprint density at radius 3 is 2.71 bits per heavy atom. The van der Waals surface area contributed by atoms with E-state index in [1.807, 2.05) is 24.3 Å². The van der Waals surface area contributed by atoms with Gasteiger partial charge >= 0.3 is 0 Å². The van der Waals surface area contributed by atoms with E-state index < -0.39 is 10.0 Å². The Labute approximate surface area is 128 Å². The van der Waals surface area contributed by atoms with Crippen LogP contribution in [0.2, 0.25) is 0 Å². The van der Waals surface area contributed by atoms with Crippen LogP contribution < -0.4 is 14.8 Å². The van der Waals surface area contributed by atoms with E-state index in [0.29, 0.717) is 19.4 Å². The molecule has 5 nitrogen and oxygen atoms in total. The molecule has 0 heterocycles. The highest BCUT2D eigenvalue weighted by atomic mass is 32.2. The van der Waals surface area contributed by atoms with Gasteiger partial charge < -0.3 is 10.1 Å². The van der Waals surface area contributed by atoms with Crippen LogP contribution in [0.5, 0.6) is 5.75 Å². The van der Waals surface area contributed by atoms with Crippen molar-refractivity contribution in [3.05, 3.63) is 29.8 Å². The molecule has 0 radical (unpaired) electrons. The number of hydrogen-bond donors (Lipinski definition) is 2. The summed E-state index contributed by atoms with van der Waals surface area (Å²) < 4.78 is 31.4. The molecule has 0 saturated carbocycles. The standard InChI is InChI=1S/C15H26N2O3S/c1-3-9-16-10-5-12-21(18,19)17-11-8-14-6-4-7-15(13-14)20-2/h4,6-7,13,16-17H,3,5,8-12H2,1-2H3. The third-order valence-corrected chi connectivity index (χ3v) is 4.53. The van der Waals surface area contributed by atoms with E-state index in [4.69, 9.17) is 4.74 Å². The zero-order valence-electron chi connectivity index (χ0n) is 12.9. The van der Waals surface area contributed by atoms with Crippen LogP contribution in [-0.2, 0) is 16.4 Å². The van der Waals surface area contributed by atoms with Gasteiger partial charge in [0.15, 0.2) is 0 Å². The van der Waals surface area contributed by atoms with Crippen molar-refractivity contribution in [1.82, 2.24) is 10.0 Å². The number of nitrogens with one attached hydrogen (secondary N) is 2. The average molecular weight is 314 g/mol. The quantitative estimate of drug-likeness (QED) is 0.608. The summed E-state index contributed by atoms with van der Waals surface area (Å²) in [6, 6.07) is 7.66. The van der Waals surface area contributed by atoms with E-state index in [1.54, 1.807) is 7.11 Å². The lowest BCUT2D eigenvalue weighted by Crippen LogP contribution is -2.30. The van der Waals surface area contributed by atoms with Gasteiger partial charge in [0.25, 0.3) is 0 Å². The van der Waals surface area contributed by atoms with E-state index in [0.717, 1.165) is 30.8 Å². The Morgan fingerprint density at radius 1 is 1.19 bits per heavy atom. The average Bonchev–Trinajstić information content (AvgIpc) is 2.47. The fraction of sp³-hybridized carbons (Fsp3) is 0.600. The molecule has 0 spiro atoms. The maximum Gasteiger partial charge on any atom is 0.211 e. The molecule has 120 valence electrons. The van der Waals surface area contributed by atoms with Crippen molar-refractivity contribution < 1.29 is 13.2 Å². The van der Waals surface area contributed by atoms with E-state index in [-0.39, 0.29) is 5.75 Å². The third kappa shape index (κ3) is 8.04. The van der Waals surface area contributed by atoms with Gasteiger partial charge in [0.05, 0.1) is 12.9 Å². The largest absolute Gasteiger partial charge is 0.497 e. The van der Waals surface area contributed by atoms with Crippen molar-refractivity contribution in [2.24, 2.45) is 0 Å². The Morgan fingerprint density at radius 2 is 2.00 bits per heavy atom. The molecular weight excluding hydrogens is 288 g/mol. The summed E-state index contributed by atoms with van der Waals surface area (Å²) in [4.78, 5) is 0. The fourth-order valence-electron chi connectivity index (χ4n) is 1.94. The molecule has 21 heavy (non-hydrogen) atoms. The minimum absolute atomic E-state index is 0.168. The van der Waals surface area contributed by atoms with E-state index in [2.05, 4.69) is 17.0 Å². The second kappa shape index (κ2) is 9.76. The third-order valence-electron chi connectivity index (χ3n) is 3.06. The van der Waals surface area contributed by atoms with Crippen LogP contribution in [0.25, 0.3) is 0 Å². The van der Waals surface area contributed by atoms with Crippen LogP contribution >= 0.6 is 0 Å². The Kier molecular flexibility index (Phi) is 8.34. The first-order valence-corrected chi connectivity index (χ1v) is 9.03. The summed E-state index contributed by atoms with van der Waals surface area (Å²) in [5, 5.41) is 3.20. The summed E-state index contributed by atoms with van der Waals surface area (Å²) in [5.74, 6) is 0.958. The number of rotatable bonds is 11. The van der Waals surface area contributed by atoms with Crippen molar-refractivity contribution in [1.29, 1.82) is 0 Å². The second-order valence-corrected chi connectivity index (χ2v) is 6.84. The van der Waals surface area contributed by atoms with Gasteiger partial charge in [0.2, 0.25) is 10.0 Å². The first-order valence-electron chi connectivity index (χ1n) is 7.38. The molecule has 0 aliphatic heterocycles. The van der Waals surface area contributed by atoms with Gasteiger partial charge in [-0.25, -0.2) is 13.1 Å². The molecule has 0 amide bonds. The zero-order valence-corrected chi connectivity index (χ0v) is 13.7. The normalized spacial score (nSPS) is 11.5. The zero-order chi connectivity index (χ0) is 15.6. The van der Waals surface area contributed by atoms with Gasteiger partial charge in [-0.3, -0.25) is 0 Å². The number of methoxy groups -OCH3 is 1. The van der Waals surface area contributed by atoms with Crippen molar-refractivity contribution in [3.8, 4) is 5.75 Å². The molecule has 1 aromatic rings. The van der Waals surface area contributed by atoms with Gasteiger partial charge in [-0.05, 0) is 50.0 Å². The van der Waals surface area contributed by atoms with Gasteiger partial charge in [0.1, 0.15) is 5.75 Å². The number of benzene rings is 1. The molecule has 0 bridgehead atoms. The molecule has 0 saturated heterocycles. The maximum absolute atomic E-state index is 11.8. The first-order chi connectivity index (χ1) is 10.1. The summed E-state index contributed by atoms with van der Waals surface area (Å²) in [7, 11) is -1.56.